The number of fused-ring (bicyclic) bond motifs is 1. The van der Waals surface area contributed by atoms with E-state index in [1.807, 2.05) is 23.1 Å². The van der Waals surface area contributed by atoms with Gasteiger partial charge in [0.25, 0.3) is 0 Å². The highest BCUT2D eigenvalue weighted by molar-refractivity contribution is 7.10. The van der Waals surface area contributed by atoms with Crippen molar-refractivity contribution in [3.8, 4) is 0 Å². The van der Waals surface area contributed by atoms with E-state index in [0.717, 1.165) is 24.8 Å². The molecular formula is C22H27ClN2O2S. The van der Waals surface area contributed by atoms with E-state index in [9.17, 15) is 9.59 Å². The smallest absolute Gasteiger partial charge is 0.242 e. The van der Waals surface area contributed by atoms with Crippen molar-refractivity contribution in [2.24, 2.45) is 0 Å². The fourth-order valence-corrected chi connectivity index (χ4v) is 4.74. The Morgan fingerprint density at radius 1 is 1.29 bits per heavy atom. The first-order valence-electron chi connectivity index (χ1n) is 9.86. The molecule has 6 heteroatoms. The van der Waals surface area contributed by atoms with Crippen molar-refractivity contribution >= 4 is 34.8 Å². The molecule has 0 fully saturated rings. The highest BCUT2D eigenvalue weighted by Gasteiger charge is 2.34. The third-order valence-electron chi connectivity index (χ3n) is 5.16. The van der Waals surface area contributed by atoms with Crippen molar-refractivity contribution in [2.45, 2.75) is 44.5 Å². The summed E-state index contributed by atoms with van der Waals surface area (Å²) in [7, 11) is 0. The van der Waals surface area contributed by atoms with Gasteiger partial charge in [0.15, 0.2) is 0 Å². The molecule has 2 atom stereocenters. The summed E-state index contributed by atoms with van der Waals surface area (Å²) in [5.41, 5.74) is 2.31. The zero-order chi connectivity index (χ0) is 20.1. The maximum Gasteiger partial charge on any atom is 0.242 e. The summed E-state index contributed by atoms with van der Waals surface area (Å²) < 4.78 is 0. The Morgan fingerprint density at radius 3 is 2.71 bits per heavy atom. The summed E-state index contributed by atoms with van der Waals surface area (Å²) in [4.78, 5) is 30.7. The first-order chi connectivity index (χ1) is 13.5. The molecular weight excluding hydrogens is 392 g/mol. The van der Waals surface area contributed by atoms with Gasteiger partial charge in [0, 0.05) is 18.0 Å². The Hall–Kier alpha value is -1.85. The molecule has 28 heavy (non-hydrogen) atoms. The Kier molecular flexibility index (Phi) is 7.13. The second-order valence-electron chi connectivity index (χ2n) is 7.18. The van der Waals surface area contributed by atoms with E-state index in [1.165, 1.54) is 10.4 Å². The first-order valence-corrected chi connectivity index (χ1v) is 11.2. The number of benzene rings is 1. The fraction of sp³-hybridized carbons (Fsp3) is 0.455. The number of rotatable bonds is 7. The predicted molar refractivity (Wildman–Crippen MR) is 115 cm³/mol. The van der Waals surface area contributed by atoms with Gasteiger partial charge in [-0.15, -0.1) is 22.9 Å². The number of nitrogens with zero attached hydrogens (tertiary/aromatic N) is 2. The number of halogens is 1. The van der Waals surface area contributed by atoms with E-state index in [0.29, 0.717) is 13.1 Å². The second kappa shape index (κ2) is 9.57. The standard InChI is InChI=1S/C22H27ClN2O2S/c1-3-4-12-24(22(27)16(2)23)15-20(26)25-13-10-19-18(11-14-28-19)21(25)17-8-6-5-7-9-17/h5-9,11,14,16,21H,3-4,10,12-13,15H2,1-2H3/t16-,21+/m1/s1. The van der Waals surface area contributed by atoms with E-state index in [1.54, 1.807) is 23.2 Å². The van der Waals surface area contributed by atoms with Gasteiger partial charge >= 0.3 is 0 Å². The predicted octanol–water partition coefficient (Wildman–Crippen LogP) is 4.48. The molecule has 1 aromatic heterocycles. The van der Waals surface area contributed by atoms with Gasteiger partial charge in [-0.05, 0) is 42.3 Å². The zero-order valence-corrected chi connectivity index (χ0v) is 18.0. The third kappa shape index (κ3) is 4.58. The molecule has 0 N–H and O–H groups in total. The van der Waals surface area contributed by atoms with Crippen LogP contribution in [0.3, 0.4) is 0 Å². The summed E-state index contributed by atoms with van der Waals surface area (Å²) >= 11 is 7.78. The molecule has 2 heterocycles. The molecule has 0 saturated heterocycles. The van der Waals surface area contributed by atoms with E-state index in [2.05, 4.69) is 30.5 Å². The lowest BCUT2D eigenvalue weighted by Crippen LogP contribution is -2.48. The quantitative estimate of drug-likeness (QED) is 0.622. The topological polar surface area (TPSA) is 40.6 Å². The van der Waals surface area contributed by atoms with Crippen LogP contribution in [0.5, 0.6) is 0 Å². The Bertz CT molecular complexity index is 806. The maximum atomic E-state index is 13.3. The number of hydrogen-bond donors (Lipinski definition) is 0. The van der Waals surface area contributed by atoms with Gasteiger partial charge in [-0.1, -0.05) is 43.7 Å². The summed E-state index contributed by atoms with van der Waals surface area (Å²) in [5, 5.41) is 1.47. The summed E-state index contributed by atoms with van der Waals surface area (Å²) in [6.07, 6.45) is 2.68. The Balaban J connectivity index is 1.85. The van der Waals surface area contributed by atoms with E-state index in [4.69, 9.17) is 11.6 Å². The molecule has 0 unspecified atom stereocenters. The monoisotopic (exact) mass is 418 g/mol. The number of carbonyl (C=O) groups is 2. The number of thiophene rings is 1. The van der Waals surface area contributed by atoms with Crippen LogP contribution in [-0.4, -0.2) is 46.6 Å². The van der Waals surface area contributed by atoms with Gasteiger partial charge in [0.05, 0.1) is 12.6 Å². The largest absolute Gasteiger partial charge is 0.332 e. The third-order valence-corrected chi connectivity index (χ3v) is 6.34. The van der Waals surface area contributed by atoms with Gasteiger partial charge in [0.1, 0.15) is 5.38 Å². The molecule has 3 rings (SSSR count). The van der Waals surface area contributed by atoms with E-state index >= 15 is 0 Å². The lowest BCUT2D eigenvalue weighted by molar-refractivity contribution is -0.141. The van der Waals surface area contributed by atoms with Crippen LogP contribution in [0.25, 0.3) is 0 Å². The molecule has 1 aliphatic heterocycles. The lowest BCUT2D eigenvalue weighted by Gasteiger charge is -2.37. The van der Waals surface area contributed by atoms with E-state index in [-0.39, 0.29) is 24.4 Å². The van der Waals surface area contributed by atoms with Crippen LogP contribution in [-0.2, 0) is 16.0 Å². The van der Waals surface area contributed by atoms with Crippen LogP contribution in [0, 0.1) is 0 Å². The first kappa shape index (κ1) is 20.9. The van der Waals surface area contributed by atoms with Crippen molar-refractivity contribution < 1.29 is 9.59 Å². The number of hydrogen-bond acceptors (Lipinski definition) is 3. The molecule has 1 aromatic carbocycles. The van der Waals surface area contributed by atoms with Crippen LogP contribution < -0.4 is 0 Å². The Labute approximate surface area is 176 Å². The van der Waals surface area contributed by atoms with Gasteiger partial charge in [-0.25, -0.2) is 0 Å². The lowest BCUT2D eigenvalue weighted by atomic mass is 9.93. The highest BCUT2D eigenvalue weighted by Crippen LogP contribution is 2.37. The van der Waals surface area contributed by atoms with Crippen molar-refractivity contribution in [1.29, 1.82) is 0 Å². The van der Waals surface area contributed by atoms with Crippen molar-refractivity contribution in [1.82, 2.24) is 9.80 Å². The fourth-order valence-electron chi connectivity index (χ4n) is 3.70. The molecule has 150 valence electrons. The van der Waals surface area contributed by atoms with Gasteiger partial charge in [-0.2, -0.15) is 0 Å². The molecule has 0 saturated carbocycles. The van der Waals surface area contributed by atoms with Gasteiger partial charge < -0.3 is 9.80 Å². The number of alkyl halides is 1. The van der Waals surface area contributed by atoms with Gasteiger partial charge in [-0.3, -0.25) is 9.59 Å². The average Bonchev–Trinajstić information content (AvgIpc) is 3.19. The molecule has 0 bridgehead atoms. The molecule has 1 aliphatic rings. The SMILES string of the molecule is CCCCN(CC(=O)N1CCc2sccc2[C@@H]1c1ccccc1)C(=O)[C@@H](C)Cl. The molecule has 4 nitrogen and oxygen atoms in total. The van der Waals surface area contributed by atoms with Gasteiger partial charge in [0.2, 0.25) is 11.8 Å². The van der Waals surface area contributed by atoms with Crippen LogP contribution in [0.15, 0.2) is 41.8 Å². The van der Waals surface area contributed by atoms with Crippen LogP contribution in [0.4, 0.5) is 0 Å². The minimum Gasteiger partial charge on any atom is -0.332 e. The molecule has 0 spiro atoms. The molecule has 0 aliphatic carbocycles. The molecule has 0 radical (unpaired) electrons. The van der Waals surface area contributed by atoms with Crippen molar-refractivity contribution in [3.63, 3.8) is 0 Å². The summed E-state index contributed by atoms with van der Waals surface area (Å²) in [6.45, 7) is 5.05. The van der Waals surface area contributed by atoms with Crippen LogP contribution in [0.2, 0.25) is 0 Å². The van der Waals surface area contributed by atoms with E-state index < -0.39 is 5.38 Å². The number of amides is 2. The average molecular weight is 419 g/mol. The van der Waals surface area contributed by atoms with Crippen molar-refractivity contribution in [3.05, 3.63) is 57.8 Å². The molecule has 2 aromatic rings. The zero-order valence-electron chi connectivity index (χ0n) is 16.4. The number of carbonyl (C=O) groups excluding carboxylic acids is 2. The minimum absolute atomic E-state index is 0.0209. The second-order valence-corrected chi connectivity index (χ2v) is 8.83. The minimum atomic E-state index is -0.626. The molecule has 2 amide bonds. The number of unbranched alkanes of at least 4 members (excludes halogenated alkanes) is 1. The maximum absolute atomic E-state index is 13.3. The Morgan fingerprint density at radius 2 is 2.04 bits per heavy atom. The summed E-state index contributed by atoms with van der Waals surface area (Å²) in [6, 6.07) is 12.2. The van der Waals surface area contributed by atoms with Crippen molar-refractivity contribution in [2.75, 3.05) is 19.6 Å². The summed E-state index contributed by atoms with van der Waals surface area (Å²) in [5.74, 6) is -0.194. The van der Waals surface area contributed by atoms with Crippen LogP contribution >= 0.6 is 22.9 Å². The van der Waals surface area contributed by atoms with Crippen LogP contribution in [0.1, 0.15) is 48.7 Å². The normalized spacial score (nSPS) is 17.1. The highest BCUT2D eigenvalue weighted by atomic mass is 35.5.